The van der Waals surface area contributed by atoms with E-state index in [0.29, 0.717) is 31.2 Å². The van der Waals surface area contributed by atoms with E-state index < -0.39 is 0 Å². The summed E-state index contributed by atoms with van der Waals surface area (Å²) in [6.45, 7) is 3.47. The van der Waals surface area contributed by atoms with Gasteiger partial charge in [0.15, 0.2) is 5.82 Å². The lowest BCUT2D eigenvalue weighted by Crippen LogP contribution is -2.29. The van der Waals surface area contributed by atoms with E-state index in [1.54, 1.807) is 12.1 Å². The zero-order valence-electron chi connectivity index (χ0n) is 19.4. The summed E-state index contributed by atoms with van der Waals surface area (Å²) in [5, 5.41) is 13.6. The number of nitrogens with zero attached hydrogens (tertiary/aromatic N) is 5. The van der Waals surface area contributed by atoms with E-state index in [0.717, 1.165) is 40.7 Å². The van der Waals surface area contributed by atoms with Crippen LogP contribution >= 0.6 is 0 Å². The SMILES string of the molecule is Cc1ccc2cc(CN(Cc3ccc(F)cc3)Cc3nnnn3C3CCCCC3)c(=O)[nH]c2c1. The van der Waals surface area contributed by atoms with E-state index in [2.05, 4.69) is 25.4 Å². The standard InChI is InChI=1S/C26H29FN6O/c1-18-7-10-20-14-21(26(34)28-24(20)13-18)16-32(15-19-8-11-22(27)12-9-19)17-25-29-30-31-33(25)23-5-3-2-4-6-23/h7-14,23H,2-6,15-17H2,1H3,(H,28,34). The average molecular weight is 461 g/mol. The summed E-state index contributed by atoms with van der Waals surface area (Å²) < 4.78 is 15.4. The summed E-state index contributed by atoms with van der Waals surface area (Å²) in [7, 11) is 0. The second kappa shape index (κ2) is 9.85. The molecule has 4 aromatic rings. The van der Waals surface area contributed by atoms with Crippen molar-refractivity contribution < 1.29 is 4.39 Å². The molecule has 1 fully saturated rings. The van der Waals surface area contributed by atoms with Gasteiger partial charge in [0.05, 0.1) is 12.6 Å². The molecular formula is C26H29FN6O. The highest BCUT2D eigenvalue weighted by molar-refractivity contribution is 5.79. The topological polar surface area (TPSA) is 79.7 Å². The Bertz CT molecular complexity index is 1320. The number of aromatic nitrogens is 5. The number of H-pyrrole nitrogens is 1. The Balaban J connectivity index is 1.44. The first-order valence-corrected chi connectivity index (χ1v) is 11.9. The third kappa shape index (κ3) is 5.07. The summed E-state index contributed by atoms with van der Waals surface area (Å²) in [6, 6.07) is 14.8. The fourth-order valence-electron chi connectivity index (χ4n) is 4.86. The third-order valence-electron chi connectivity index (χ3n) is 6.64. The molecule has 34 heavy (non-hydrogen) atoms. The van der Waals surface area contributed by atoms with Crippen molar-refractivity contribution >= 4 is 10.9 Å². The molecular weight excluding hydrogens is 431 g/mol. The molecule has 1 saturated carbocycles. The van der Waals surface area contributed by atoms with Crippen LogP contribution < -0.4 is 5.56 Å². The number of fused-ring (bicyclic) bond motifs is 1. The lowest BCUT2D eigenvalue weighted by Gasteiger charge is -2.25. The molecule has 0 amide bonds. The van der Waals surface area contributed by atoms with Crippen LogP contribution in [0.1, 0.15) is 60.7 Å². The second-order valence-electron chi connectivity index (χ2n) is 9.32. The third-order valence-corrected chi connectivity index (χ3v) is 6.64. The van der Waals surface area contributed by atoms with Crippen molar-refractivity contribution in [2.24, 2.45) is 0 Å². The zero-order chi connectivity index (χ0) is 23.5. The maximum absolute atomic E-state index is 13.5. The van der Waals surface area contributed by atoms with Gasteiger partial charge in [-0.15, -0.1) is 5.10 Å². The van der Waals surface area contributed by atoms with Gasteiger partial charge in [0.1, 0.15) is 5.82 Å². The van der Waals surface area contributed by atoms with E-state index >= 15 is 0 Å². The number of hydrogen-bond acceptors (Lipinski definition) is 5. The first-order valence-electron chi connectivity index (χ1n) is 11.9. The molecule has 0 atom stereocenters. The predicted molar refractivity (Wildman–Crippen MR) is 129 cm³/mol. The van der Waals surface area contributed by atoms with Crippen LogP contribution in [0.3, 0.4) is 0 Å². The lowest BCUT2D eigenvalue weighted by molar-refractivity contribution is 0.225. The van der Waals surface area contributed by atoms with Gasteiger partial charge < -0.3 is 4.98 Å². The molecule has 8 heteroatoms. The van der Waals surface area contributed by atoms with Crippen molar-refractivity contribution in [2.75, 3.05) is 0 Å². The summed E-state index contributed by atoms with van der Waals surface area (Å²) in [5.74, 6) is 0.527. The fourth-order valence-corrected chi connectivity index (χ4v) is 4.86. The minimum atomic E-state index is -0.266. The second-order valence-corrected chi connectivity index (χ2v) is 9.32. The molecule has 1 aliphatic rings. The van der Waals surface area contributed by atoms with Gasteiger partial charge in [-0.3, -0.25) is 9.69 Å². The predicted octanol–water partition coefficient (Wildman–Crippen LogP) is 4.67. The number of nitrogens with one attached hydrogen (secondary N) is 1. The fraction of sp³-hybridized carbons (Fsp3) is 0.385. The molecule has 7 nitrogen and oxygen atoms in total. The molecule has 0 bridgehead atoms. The van der Waals surface area contributed by atoms with Crippen molar-refractivity contribution in [1.82, 2.24) is 30.1 Å². The molecule has 0 radical (unpaired) electrons. The molecule has 5 rings (SSSR count). The first kappa shape index (κ1) is 22.4. The van der Waals surface area contributed by atoms with Gasteiger partial charge in [-0.2, -0.15) is 0 Å². The van der Waals surface area contributed by atoms with Gasteiger partial charge in [-0.1, -0.05) is 43.5 Å². The summed E-state index contributed by atoms with van der Waals surface area (Å²) >= 11 is 0. The molecule has 2 aromatic heterocycles. The van der Waals surface area contributed by atoms with Crippen molar-refractivity contribution in [3.63, 3.8) is 0 Å². The van der Waals surface area contributed by atoms with Gasteiger partial charge in [0.25, 0.3) is 5.56 Å². The van der Waals surface area contributed by atoms with Crippen molar-refractivity contribution in [1.29, 1.82) is 0 Å². The van der Waals surface area contributed by atoms with Crippen molar-refractivity contribution in [2.45, 2.75) is 64.7 Å². The summed E-state index contributed by atoms with van der Waals surface area (Å²) in [4.78, 5) is 18.1. The number of halogens is 1. The van der Waals surface area contributed by atoms with Crippen molar-refractivity contribution in [3.8, 4) is 0 Å². The molecule has 0 aliphatic heterocycles. The lowest BCUT2D eigenvalue weighted by atomic mass is 9.95. The number of aryl methyl sites for hydroxylation is 1. The monoisotopic (exact) mass is 460 g/mol. The Labute approximate surface area is 197 Å². The van der Waals surface area contributed by atoms with E-state index in [1.165, 1.54) is 31.4 Å². The summed E-state index contributed by atoms with van der Waals surface area (Å²) in [5.41, 5.74) is 3.47. The number of rotatable bonds is 7. The van der Waals surface area contributed by atoms with E-state index in [-0.39, 0.29) is 11.4 Å². The Morgan fingerprint density at radius 2 is 1.82 bits per heavy atom. The highest BCUT2D eigenvalue weighted by atomic mass is 19.1. The Morgan fingerprint density at radius 1 is 1.03 bits per heavy atom. The minimum Gasteiger partial charge on any atom is -0.322 e. The highest BCUT2D eigenvalue weighted by Gasteiger charge is 2.22. The Morgan fingerprint density at radius 3 is 2.62 bits per heavy atom. The molecule has 176 valence electrons. The molecule has 0 saturated heterocycles. The quantitative estimate of drug-likeness (QED) is 0.434. The smallest absolute Gasteiger partial charge is 0.252 e. The van der Waals surface area contributed by atoms with Crippen LogP contribution in [0.25, 0.3) is 10.9 Å². The molecule has 2 heterocycles. The first-order chi connectivity index (χ1) is 16.5. The number of aromatic amines is 1. The van der Waals surface area contributed by atoms with Crippen LogP contribution in [0.5, 0.6) is 0 Å². The number of hydrogen-bond donors (Lipinski definition) is 1. The molecule has 1 N–H and O–H groups in total. The minimum absolute atomic E-state index is 0.103. The van der Waals surface area contributed by atoms with E-state index in [4.69, 9.17) is 0 Å². The van der Waals surface area contributed by atoms with E-state index in [9.17, 15) is 9.18 Å². The normalized spacial score (nSPS) is 14.8. The molecule has 2 aromatic carbocycles. The van der Waals surface area contributed by atoms with Crippen LogP contribution in [0.15, 0.2) is 53.3 Å². The maximum atomic E-state index is 13.5. The van der Waals surface area contributed by atoms with Crippen LogP contribution in [0, 0.1) is 12.7 Å². The number of benzene rings is 2. The van der Waals surface area contributed by atoms with Crippen LogP contribution in [0.2, 0.25) is 0 Å². The molecule has 0 spiro atoms. The van der Waals surface area contributed by atoms with Crippen LogP contribution in [-0.4, -0.2) is 30.1 Å². The van der Waals surface area contributed by atoms with Crippen LogP contribution in [0.4, 0.5) is 4.39 Å². The van der Waals surface area contributed by atoms with Gasteiger partial charge in [-0.05, 0) is 71.0 Å². The van der Waals surface area contributed by atoms with Gasteiger partial charge >= 0.3 is 0 Å². The van der Waals surface area contributed by atoms with E-state index in [1.807, 2.05) is 35.9 Å². The van der Waals surface area contributed by atoms with Crippen molar-refractivity contribution in [3.05, 3.63) is 87.2 Å². The van der Waals surface area contributed by atoms with Crippen LogP contribution in [-0.2, 0) is 19.6 Å². The van der Waals surface area contributed by atoms with Gasteiger partial charge in [0.2, 0.25) is 0 Å². The largest absolute Gasteiger partial charge is 0.322 e. The average Bonchev–Trinajstić information content (AvgIpc) is 3.30. The number of pyridine rings is 1. The Hall–Kier alpha value is -3.39. The highest BCUT2D eigenvalue weighted by Crippen LogP contribution is 2.28. The number of tetrazole rings is 1. The maximum Gasteiger partial charge on any atom is 0.252 e. The zero-order valence-corrected chi connectivity index (χ0v) is 19.4. The van der Waals surface area contributed by atoms with Gasteiger partial charge in [0, 0.05) is 24.2 Å². The Kier molecular flexibility index (Phi) is 6.49. The van der Waals surface area contributed by atoms with Gasteiger partial charge in [-0.25, -0.2) is 9.07 Å². The molecule has 1 aliphatic carbocycles. The molecule has 0 unspecified atom stereocenters. The summed E-state index contributed by atoms with van der Waals surface area (Å²) in [6.07, 6.45) is 5.80.